The van der Waals surface area contributed by atoms with E-state index in [1.54, 1.807) is 0 Å². The Bertz CT molecular complexity index is 2540. The third kappa shape index (κ3) is 30.2. The van der Waals surface area contributed by atoms with Crippen molar-refractivity contribution in [2.45, 2.75) is 160 Å². The summed E-state index contributed by atoms with van der Waals surface area (Å²) in [5.41, 5.74) is 22.5. The van der Waals surface area contributed by atoms with Gasteiger partial charge in [-0.25, -0.2) is 0 Å². The molecule has 0 fully saturated rings. The third-order valence-electron chi connectivity index (χ3n) is 13.5. The van der Waals surface area contributed by atoms with Crippen LogP contribution < -0.4 is 31.9 Å². The van der Waals surface area contributed by atoms with Crippen molar-refractivity contribution in [2.24, 2.45) is 0 Å². The molecule has 0 unspecified atom stereocenters. The minimum absolute atomic E-state index is 0. The summed E-state index contributed by atoms with van der Waals surface area (Å²) < 4.78 is 2.46. The molecule has 0 saturated heterocycles. The fraction of sp³-hybridized carbons (Fsp3) is 0.364. The molecule has 0 heterocycles. The molecule has 19 heteroatoms. The van der Waals surface area contributed by atoms with Gasteiger partial charge in [0.25, 0.3) is 0 Å². The number of benzene rings is 6. The predicted octanol–water partition coefficient (Wildman–Crippen LogP) is 18.3. The van der Waals surface area contributed by atoms with Gasteiger partial charge < -0.3 is 181 Å². The summed E-state index contributed by atoms with van der Waals surface area (Å²) in [6.45, 7) is 25.8. The molecule has 0 radical (unpaired) electrons. The van der Waals surface area contributed by atoms with Crippen LogP contribution in [-0.4, -0.2) is 25.9 Å². The fourth-order valence-electron chi connectivity index (χ4n) is 9.66. The van der Waals surface area contributed by atoms with E-state index in [2.05, 4.69) is 151 Å². The molecule has 6 aromatic rings. The molecule has 0 aliphatic carbocycles. The van der Waals surface area contributed by atoms with Gasteiger partial charge in [0.2, 0.25) is 0 Å². The molecule has 0 amide bonds. The van der Waals surface area contributed by atoms with Crippen molar-refractivity contribution in [3.63, 3.8) is 0 Å². The third-order valence-corrected chi connectivity index (χ3v) is 14.7. The average molecular weight is 1440 g/mol. The van der Waals surface area contributed by atoms with Crippen LogP contribution in [0.4, 0.5) is 34.1 Å². The minimum atomic E-state index is 0. The zero-order valence-electron chi connectivity index (χ0n) is 51.2. The molecule has 6 aromatic carbocycles. The van der Waals surface area contributed by atoms with Crippen LogP contribution in [-0.2, 0) is 174 Å². The smallest absolute Gasteiger partial charge is 0.0406 e. The Morgan fingerprint density at radius 3 is 0.435 bits per heavy atom. The Balaban J connectivity index is 0.000000994. The van der Waals surface area contributed by atoms with E-state index in [1.165, 1.54) is 66.8 Å². The second kappa shape index (κ2) is 46.7. The van der Waals surface area contributed by atoms with Crippen LogP contribution in [0.25, 0.3) is 0 Å². The van der Waals surface area contributed by atoms with Gasteiger partial charge >= 0.3 is 0 Å². The molecule has 462 valence electrons. The van der Waals surface area contributed by atoms with E-state index in [9.17, 15) is 0 Å². The van der Waals surface area contributed by atoms with E-state index in [4.69, 9.17) is 149 Å². The summed E-state index contributed by atoms with van der Waals surface area (Å²) in [4.78, 5) is 0. The van der Waals surface area contributed by atoms with E-state index in [1.807, 2.05) is 72.8 Å². The molecule has 0 bridgehead atoms. The molecule has 0 saturated carbocycles. The molecule has 0 spiro atoms. The maximum Gasteiger partial charge on any atom is 0.0406 e. The van der Waals surface area contributed by atoms with E-state index in [0.29, 0.717) is 25.9 Å². The number of rotatable bonds is 18. The molecule has 6 nitrogen and oxygen atoms in total. The number of hydrogen-bond donors (Lipinski definition) is 6. The number of hydrogen-bond acceptors (Lipinski definition) is 12. The topological polar surface area (TPSA) is 72.2 Å². The fourth-order valence-corrected chi connectivity index (χ4v) is 11.0. The molecule has 0 aliphatic heterocycles. The Labute approximate surface area is 591 Å². The molecule has 85 heavy (non-hydrogen) atoms. The Morgan fingerprint density at radius 1 is 0.235 bits per heavy atom. The maximum atomic E-state index is 4.87. The second-order valence-corrected chi connectivity index (χ2v) is 24.8. The van der Waals surface area contributed by atoms with Crippen LogP contribution in [0.1, 0.15) is 150 Å². The number of nitrogens with one attached hydrogen (secondary N) is 6. The summed E-state index contributed by atoms with van der Waals surface area (Å²) in [6.07, 6.45) is 12.3. The number of thiocarbonyl (C=S) groups is 6. The zero-order chi connectivity index (χ0) is 63.3. The summed E-state index contributed by atoms with van der Waals surface area (Å²) in [5.74, 6) is 0. The van der Waals surface area contributed by atoms with Crippen molar-refractivity contribution in [1.82, 2.24) is 0 Å². The van der Waals surface area contributed by atoms with E-state index in [-0.39, 0.29) is 21.1 Å². The standard InChI is InChI=1S/6C11H15NS2.Mo/c6*1-3-8-6-5-7-10(9(8)4-2)12-11(13)14;/h6*5-7H,3-4H2,1-2H3,(H2,12,13,14);/p-6. The van der Waals surface area contributed by atoms with Crippen molar-refractivity contribution in [3.8, 4) is 0 Å². The van der Waals surface area contributed by atoms with Crippen LogP contribution in [0.15, 0.2) is 109 Å². The van der Waals surface area contributed by atoms with Gasteiger partial charge in [0.05, 0.1) is 0 Å². The van der Waals surface area contributed by atoms with Crippen molar-refractivity contribution >= 4 is 209 Å². The van der Waals surface area contributed by atoms with E-state index in [0.717, 1.165) is 111 Å². The maximum absolute atomic E-state index is 4.87. The second-order valence-electron chi connectivity index (χ2n) is 18.4. The monoisotopic (exact) mass is 1440 g/mol. The van der Waals surface area contributed by atoms with Crippen molar-refractivity contribution < 1.29 is 21.1 Å². The minimum Gasteiger partial charge on any atom is -0.411 e. The average Bonchev–Trinajstić information content (AvgIpc) is 3.66. The quantitative estimate of drug-likeness (QED) is 0.0281. The van der Waals surface area contributed by atoms with Crippen molar-refractivity contribution in [3.05, 3.63) is 176 Å². The number of aryl methyl sites for hydroxylation is 6. The molecular formula is C66H84MoN6S12-6. The Morgan fingerprint density at radius 2 is 0.353 bits per heavy atom. The molecule has 0 atom stereocenters. The predicted molar refractivity (Wildman–Crippen MR) is 413 cm³/mol. The van der Waals surface area contributed by atoms with Crippen molar-refractivity contribution in [2.75, 3.05) is 31.9 Å². The van der Waals surface area contributed by atoms with E-state index < -0.39 is 0 Å². The first-order valence-corrected chi connectivity index (χ1v) is 33.5. The van der Waals surface area contributed by atoms with Gasteiger partial charge in [0, 0.05) is 55.2 Å². The molecule has 0 aliphatic rings. The van der Waals surface area contributed by atoms with Crippen LogP contribution in [0, 0.1) is 0 Å². The Kier molecular flexibility index (Phi) is 44.9. The summed E-state index contributed by atoms with van der Waals surface area (Å²) in [6, 6.07) is 37.3. The van der Waals surface area contributed by atoms with Crippen LogP contribution >= 0.6 is 73.3 Å². The van der Waals surface area contributed by atoms with E-state index >= 15 is 0 Å². The molecule has 0 aromatic heterocycles. The Hall–Kier alpha value is -3.33. The van der Waals surface area contributed by atoms with Crippen LogP contribution in [0.3, 0.4) is 0 Å². The zero-order valence-corrected chi connectivity index (χ0v) is 63.0. The van der Waals surface area contributed by atoms with Gasteiger partial charge in [-0.3, -0.25) is 0 Å². The first-order chi connectivity index (χ1) is 40.1. The molecule has 6 N–H and O–H groups in total. The summed E-state index contributed by atoms with van der Waals surface area (Å²) in [7, 11) is 0. The van der Waals surface area contributed by atoms with Gasteiger partial charge in [0.15, 0.2) is 0 Å². The van der Waals surface area contributed by atoms with Gasteiger partial charge in [-0.2, -0.15) is 0 Å². The van der Waals surface area contributed by atoms with Gasteiger partial charge in [-0.15, -0.1) is 0 Å². The van der Waals surface area contributed by atoms with Gasteiger partial charge in [-0.1, -0.05) is 182 Å². The van der Waals surface area contributed by atoms with Crippen molar-refractivity contribution in [1.29, 1.82) is 0 Å². The van der Waals surface area contributed by atoms with Crippen LogP contribution in [0.5, 0.6) is 0 Å². The normalized spacial score (nSPS) is 9.74. The SMILES string of the molecule is CCc1cccc(NC(=S)[S-])c1CC.CCc1cccc(NC(=S)[S-])c1CC.CCc1cccc(NC(=S)[S-])c1CC.CCc1cccc(NC(=S)[S-])c1CC.CCc1cccc(NC(=S)[S-])c1CC.CCc1cccc(NC(=S)[S-])c1CC.[Mo]. The largest absolute Gasteiger partial charge is 0.411 e. The van der Waals surface area contributed by atoms with Gasteiger partial charge in [0.1, 0.15) is 0 Å². The molecular weight excluding hydrogens is 1360 g/mol. The summed E-state index contributed by atoms with van der Waals surface area (Å²) >= 11 is 58.4. The summed E-state index contributed by atoms with van der Waals surface area (Å²) in [5, 5.41) is 18.3. The number of anilines is 6. The first kappa shape index (κ1) is 81.7. The first-order valence-electron chi connectivity index (χ1n) is 28.6. The van der Waals surface area contributed by atoms with Gasteiger partial charge in [-0.05, 0) is 180 Å². The van der Waals surface area contributed by atoms with Crippen LogP contribution in [0.2, 0.25) is 0 Å². The molecule has 6 rings (SSSR count).